The number of nitrogens with two attached hydrogens (primary N) is 1. The first-order chi connectivity index (χ1) is 7.89. The zero-order valence-corrected chi connectivity index (χ0v) is 11.0. The number of carbonyl (C=O) groups excluding carboxylic acids is 1. The van der Waals surface area contributed by atoms with Gasteiger partial charge in [0.2, 0.25) is 5.91 Å². The molecule has 1 amide bonds. The van der Waals surface area contributed by atoms with E-state index in [1.165, 1.54) is 12.8 Å². The van der Waals surface area contributed by atoms with Crippen molar-refractivity contribution in [2.45, 2.75) is 58.2 Å². The summed E-state index contributed by atoms with van der Waals surface area (Å²) >= 11 is 0. The molecule has 0 aromatic heterocycles. The summed E-state index contributed by atoms with van der Waals surface area (Å²) in [6, 6.07) is -0.286. The van der Waals surface area contributed by atoms with Gasteiger partial charge in [-0.2, -0.15) is 0 Å². The predicted molar refractivity (Wildman–Crippen MR) is 66.4 cm³/mol. The monoisotopic (exact) mass is 240 g/mol. The molecule has 17 heavy (non-hydrogen) atoms. The second-order valence-electron chi connectivity index (χ2n) is 6.42. The van der Waals surface area contributed by atoms with Crippen LogP contribution in [0.15, 0.2) is 0 Å². The lowest BCUT2D eigenvalue weighted by Gasteiger charge is -2.28. The number of hydrogen-bond acceptors (Lipinski definition) is 3. The molecule has 0 aromatic rings. The topological polar surface area (TPSA) is 64.4 Å². The molecule has 0 aromatic carbocycles. The highest BCUT2D eigenvalue weighted by Gasteiger charge is 2.42. The highest BCUT2D eigenvalue weighted by atomic mass is 16.5. The van der Waals surface area contributed by atoms with Crippen molar-refractivity contribution < 1.29 is 9.53 Å². The van der Waals surface area contributed by atoms with Gasteiger partial charge in [-0.25, -0.2) is 0 Å². The molecule has 2 unspecified atom stereocenters. The van der Waals surface area contributed by atoms with Gasteiger partial charge in [-0.15, -0.1) is 0 Å². The average Bonchev–Trinajstić information content (AvgIpc) is 2.98. The van der Waals surface area contributed by atoms with Crippen LogP contribution in [0.2, 0.25) is 0 Å². The van der Waals surface area contributed by atoms with E-state index in [0.717, 1.165) is 13.0 Å². The van der Waals surface area contributed by atoms with Crippen molar-refractivity contribution in [1.29, 1.82) is 0 Å². The molecule has 0 bridgehead atoms. The van der Waals surface area contributed by atoms with Crippen LogP contribution >= 0.6 is 0 Å². The molecule has 0 radical (unpaired) electrons. The second-order valence-corrected chi connectivity index (χ2v) is 6.42. The van der Waals surface area contributed by atoms with E-state index in [0.29, 0.717) is 5.92 Å². The molecule has 0 spiro atoms. The van der Waals surface area contributed by atoms with Crippen molar-refractivity contribution in [2.75, 3.05) is 6.61 Å². The maximum Gasteiger partial charge on any atom is 0.237 e. The largest absolute Gasteiger partial charge is 0.376 e. The van der Waals surface area contributed by atoms with Gasteiger partial charge in [-0.3, -0.25) is 4.79 Å². The highest BCUT2D eigenvalue weighted by Crippen LogP contribution is 2.38. The van der Waals surface area contributed by atoms with Crippen molar-refractivity contribution in [2.24, 2.45) is 17.1 Å². The Morgan fingerprint density at radius 2 is 2.00 bits per heavy atom. The van der Waals surface area contributed by atoms with E-state index in [2.05, 4.69) is 5.32 Å². The molecule has 3 atom stereocenters. The minimum atomic E-state index is -0.456. The molecule has 1 saturated carbocycles. The Morgan fingerprint density at radius 3 is 2.53 bits per heavy atom. The lowest BCUT2D eigenvalue weighted by molar-refractivity contribution is -0.125. The van der Waals surface area contributed by atoms with Crippen molar-refractivity contribution >= 4 is 5.91 Å². The number of hydrogen-bond donors (Lipinski definition) is 2. The van der Waals surface area contributed by atoms with E-state index in [9.17, 15) is 4.79 Å². The molecule has 2 aliphatic rings. The van der Waals surface area contributed by atoms with E-state index >= 15 is 0 Å². The fraction of sp³-hybridized carbons (Fsp3) is 0.923. The minimum Gasteiger partial charge on any atom is -0.376 e. The van der Waals surface area contributed by atoms with Crippen molar-refractivity contribution in [3.8, 4) is 0 Å². The van der Waals surface area contributed by atoms with Crippen molar-refractivity contribution in [3.63, 3.8) is 0 Å². The third-order valence-corrected chi connectivity index (χ3v) is 3.77. The van der Waals surface area contributed by atoms with Crippen LogP contribution in [0.3, 0.4) is 0 Å². The third-order valence-electron chi connectivity index (χ3n) is 3.77. The van der Waals surface area contributed by atoms with Gasteiger partial charge in [0.1, 0.15) is 0 Å². The molecule has 98 valence electrons. The lowest BCUT2D eigenvalue weighted by Crippen LogP contribution is -2.53. The number of amides is 1. The Labute approximate surface area is 103 Å². The van der Waals surface area contributed by atoms with Gasteiger partial charge >= 0.3 is 0 Å². The fourth-order valence-corrected chi connectivity index (χ4v) is 2.32. The summed E-state index contributed by atoms with van der Waals surface area (Å²) in [6.07, 6.45) is 3.63. The number of nitrogens with one attached hydrogen (secondary N) is 1. The van der Waals surface area contributed by atoms with Gasteiger partial charge in [0.25, 0.3) is 0 Å². The maximum absolute atomic E-state index is 12.0. The van der Waals surface area contributed by atoms with E-state index < -0.39 is 6.04 Å². The second kappa shape index (κ2) is 4.58. The van der Waals surface area contributed by atoms with Gasteiger partial charge in [0.05, 0.1) is 18.2 Å². The highest BCUT2D eigenvalue weighted by molar-refractivity contribution is 5.82. The van der Waals surface area contributed by atoms with Crippen molar-refractivity contribution in [1.82, 2.24) is 5.32 Å². The van der Waals surface area contributed by atoms with Gasteiger partial charge < -0.3 is 15.8 Å². The Balaban J connectivity index is 1.89. The summed E-state index contributed by atoms with van der Waals surface area (Å²) in [5.74, 6) is 0.618. The van der Waals surface area contributed by atoms with Crippen LogP contribution in [0.4, 0.5) is 0 Å². The van der Waals surface area contributed by atoms with Crippen LogP contribution in [-0.2, 0) is 9.53 Å². The summed E-state index contributed by atoms with van der Waals surface area (Å²) in [4.78, 5) is 12.0. The molecule has 1 aliphatic carbocycles. The smallest absolute Gasteiger partial charge is 0.237 e. The Hall–Kier alpha value is -0.610. The Morgan fingerprint density at radius 1 is 1.35 bits per heavy atom. The predicted octanol–water partition coefficient (Wildman–Crippen LogP) is 1.04. The molecule has 4 heteroatoms. The normalized spacial score (nSPS) is 31.3. The summed E-state index contributed by atoms with van der Waals surface area (Å²) in [6.45, 7) is 6.72. The number of rotatable bonds is 3. The first-order valence-electron chi connectivity index (χ1n) is 6.57. The van der Waals surface area contributed by atoms with E-state index in [1.807, 2.05) is 20.8 Å². The van der Waals surface area contributed by atoms with Crippen LogP contribution in [-0.4, -0.2) is 30.7 Å². The summed E-state index contributed by atoms with van der Waals surface area (Å²) < 4.78 is 5.70. The molecular weight excluding hydrogens is 216 g/mol. The molecule has 2 fully saturated rings. The average molecular weight is 240 g/mol. The number of carbonyl (C=O) groups is 1. The first kappa shape index (κ1) is 12.8. The SMILES string of the molecule is CC(C)(C)[C@H](N)C(=O)NC1CCOC1C1CC1. The first-order valence-corrected chi connectivity index (χ1v) is 6.57. The van der Waals surface area contributed by atoms with Crippen LogP contribution in [0, 0.1) is 11.3 Å². The zero-order valence-electron chi connectivity index (χ0n) is 11.0. The van der Waals surface area contributed by atoms with E-state index in [-0.39, 0.29) is 23.5 Å². The van der Waals surface area contributed by atoms with Crippen LogP contribution in [0.25, 0.3) is 0 Å². The minimum absolute atomic E-state index is 0.0429. The lowest BCUT2D eigenvalue weighted by atomic mass is 9.86. The standard InChI is InChI=1S/C13H24N2O2/c1-13(2,3)11(14)12(16)15-9-6-7-17-10(9)8-4-5-8/h8-11H,4-7,14H2,1-3H3,(H,15,16)/t9?,10?,11-/m1/s1. The molecule has 2 rings (SSSR count). The van der Waals surface area contributed by atoms with Crippen LogP contribution in [0.1, 0.15) is 40.0 Å². The van der Waals surface area contributed by atoms with Crippen LogP contribution in [0.5, 0.6) is 0 Å². The summed E-state index contributed by atoms with van der Waals surface area (Å²) in [7, 11) is 0. The molecule has 4 nitrogen and oxygen atoms in total. The third kappa shape index (κ3) is 2.99. The molecule has 1 heterocycles. The van der Waals surface area contributed by atoms with Gasteiger partial charge in [0.15, 0.2) is 0 Å². The summed E-state index contributed by atoms with van der Waals surface area (Å²) in [5.41, 5.74) is 5.76. The maximum atomic E-state index is 12.0. The zero-order chi connectivity index (χ0) is 12.6. The number of ether oxygens (including phenoxy) is 1. The van der Waals surface area contributed by atoms with Crippen LogP contribution < -0.4 is 11.1 Å². The summed E-state index contributed by atoms with van der Waals surface area (Å²) in [5, 5.41) is 3.07. The quantitative estimate of drug-likeness (QED) is 0.775. The fourth-order valence-electron chi connectivity index (χ4n) is 2.32. The molecular formula is C13H24N2O2. The van der Waals surface area contributed by atoms with Gasteiger partial charge in [-0.1, -0.05) is 20.8 Å². The van der Waals surface area contributed by atoms with Crippen molar-refractivity contribution in [3.05, 3.63) is 0 Å². The van der Waals surface area contributed by atoms with E-state index in [1.54, 1.807) is 0 Å². The molecule has 3 N–H and O–H groups in total. The van der Waals surface area contributed by atoms with E-state index in [4.69, 9.17) is 10.5 Å². The van der Waals surface area contributed by atoms with Gasteiger partial charge in [-0.05, 0) is 30.6 Å². The molecule has 1 aliphatic heterocycles. The molecule has 1 saturated heterocycles. The Kier molecular flexibility index (Phi) is 3.46. The van der Waals surface area contributed by atoms with Gasteiger partial charge in [0, 0.05) is 6.61 Å². The Bertz CT molecular complexity index is 294.